The lowest BCUT2D eigenvalue weighted by atomic mass is 10.0. The lowest BCUT2D eigenvalue weighted by molar-refractivity contribution is -0.144. The van der Waals surface area contributed by atoms with Gasteiger partial charge in [-0.15, -0.1) is 12.4 Å². The predicted octanol–water partition coefficient (Wildman–Crippen LogP) is 2.52. The molecule has 2 N–H and O–H groups in total. The van der Waals surface area contributed by atoms with Gasteiger partial charge in [-0.1, -0.05) is 37.3 Å². The molecular formula is C16H25ClN2O2. The highest BCUT2D eigenvalue weighted by Gasteiger charge is 2.30. The third-order valence-corrected chi connectivity index (χ3v) is 3.88. The Morgan fingerprint density at radius 1 is 1.43 bits per heavy atom. The lowest BCUT2D eigenvalue weighted by Gasteiger charge is -2.38. The second-order valence-corrected chi connectivity index (χ2v) is 5.47. The first-order chi connectivity index (χ1) is 9.61. The van der Waals surface area contributed by atoms with E-state index in [9.17, 15) is 4.79 Å². The molecule has 1 aliphatic heterocycles. The Hall–Kier alpha value is -1.10. The van der Waals surface area contributed by atoms with Gasteiger partial charge in [0.2, 0.25) is 5.91 Å². The SMILES string of the molecule is CCC1COC(C)CN1C(=O)CC(N)c1ccccc1.Cl. The number of morpholine rings is 1. The van der Waals surface area contributed by atoms with Gasteiger partial charge in [-0.3, -0.25) is 4.79 Å². The lowest BCUT2D eigenvalue weighted by Crippen LogP contribution is -2.51. The molecule has 3 atom stereocenters. The van der Waals surface area contributed by atoms with Crippen LogP contribution in [0.1, 0.15) is 38.3 Å². The third kappa shape index (κ3) is 4.70. The first-order valence-corrected chi connectivity index (χ1v) is 7.33. The maximum absolute atomic E-state index is 12.5. The highest BCUT2D eigenvalue weighted by atomic mass is 35.5. The number of rotatable bonds is 4. The van der Waals surface area contributed by atoms with Crippen LogP contribution in [0.15, 0.2) is 30.3 Å². The molecule has 1 aliphatic rings. The molecule has 4 nitrogen and oxygen atoms in total. The molecule has 1 amide bonds. The van der Waals surface area contributed by atoms with Gasteiger partial charge in [-0.05, 0) is 18.9 Å². The van der Waals surface area contributed by atoms with E-state index in [2.05, 4.69) is 6.92 Å². The molecule has 0 bridgehead atoms. The molecule has 118 valence electrons. The molecular weight excluding hydrogens is 288 g/mol. The summed E-state index contributed by atoms with van der Waals surface area (Å²) in [5, 5.41) is 0. The maximum atomic E-state index is 12.5. The summed E-state index contributed by atoms with van der Waals surface area (Å²) in [5.41, 5.74) is 7.15. The minimum absolute atomic E-state index is 0. The van der Waals surface area contributed by atoms with Crippen LogP contribution in [-0.4, -0.2) is 36.1 Å². The van der Waals surface area contributed by atoms with E-state index in [1.165, 1.54) is 0 Å². The Morgan fingerprint density at radius 3 is 2.71 bits per heavy atom. The topological polar surface area (TPSA) is 55.6 Å². The molecule has 1 fully saturated rings. The number of nitrogens with zero attached hydrogens (tertiary/aromatic N) is 1. The summed E-state index contributed by atoms with van der Waals surface area (Å²) < 4.78 is 5.63. The van der Waals surface area contributed by atoms with Gasteiger partial charge >= 0.3 is 0 Å². The van der Waals surface area contributed by atoms with Gasteiger partial charge in [0, 0.05) is 19.0 Å². The standard InChI is InChI=1S/C16H24N2O2.ClH/c1-3-14-11-20-12(2)10-18(14)16(19)9-15(17)13-7-5-4-6-8-13;/h4-8,12,14-15H,3,9-11,17H2,1-2H3;1H. The number of ether oxygens (including phenoxy) is 1. The molecule has 1 aromatic rings. The molecule has 21 heavy (non-hydrogen) atoms. The maximum Gasteiger partial charge on any atom is 0.224 e. The summed E-state index contributed by atoms with van der Waals surface area (Å²) in [4.78, 5) is 14.4. The number of benzene rings is 1. The largest absolute Gasteiger partial charge is 0.375 e. The number of hydrogen-bond acceptors (Lipinski definition) is 3. The van der Waals surface area contributed by atoms with Crippen LogP contribution in [0.4, 0.5) is 0 Å². The van der Waals surface area contributed by atoms with Gasteiger partial charge < -0.3 is 15.4 Å². The Kier molecular flexibility index (Phi) is 7.15. The van der Waals surface area contributed by atoms with Crippen molar-refractivity contribution in [2.24, 2.45) is 5.73 Å². The molecule has 0 aromatic heterocycles. The van der Waals surface area contributed by atoms with Crippen molar-refractivity contribution in [3.63, 3.8) is 0 Å². The molecule has 0 spiro atoms. The number of carbonyl (C=O) groups excluding carboxylic acids is 1. The monoisotopic (exact) mass is 312 g/mol. The predicted molar refractivity (Wildman–Crippen MR) is 86.4 cm³/mol. The van der Waals surface area contributed by atoms with Gasteiger partial charge in [-0.2, -0.15) is 0 Å². The van der Waals surface area contributed by atoms with E-state index < -0.39 is 0 Å². The average Bonchev–Trinajstić information content (AvgIpc) is 2.48. The zero-order valence-electron chi connectivity index (χ0n) is 12.7. The second-order valence-electron chi connectivity index (χ2n) is 5.47. The number of amides is 1. The minimum Gasteiger partial charge on any atom is -0.375 e. The number of halogens is 1. The quantitative estimate of drug-likeness (QED) is 0.929. The summed E-state index contributed by atoms with van der Waals surface area (Å²) in [6.07, 6.45) is 1.38. The van der Waals surface area contributed by atoms with E-state index >= 15 is 0 Å². The van der Waals surface area contributed by atoms with Crippen molar-refractivity contribution in [1.29, 1.82) is 0 Å². The van der Waals surface area contributed by atoms with E-state index in [1.807, 2.05) is 42.2 Å². The van der Waals surface area contributed by atoms with Crippen molar-refractivity contribution >= 4 is 18.3 Å². The normalized spacial score (nSPS) is 23.3. The van der Waals surface area contributed by atoms with Crippen molar-refractivity contribution in [3.8, 4) is 0 Å². The first-order valence-electron chi connectivity index (χ1n) is 7.33. The average molecular weight is 313 g/mol. The summed E-state index contributed by atoms with van der Waals surface area (Å²) in [6.45, 7) is 5.38. The number of hydrogen-bond donors (Lipinski definition) is 1. The van der Waals surface area contributed by atoms with E-state index in [0.717, 1.165) is 12.0 Å². The van der Waals surface area contributed by atoms with Crippen molar-refractivity contribution in [2.45, 2.75) is 44.9 Å². The van der Waals surface area contributed by atoms with Crippen molar-refractivity contribution in [2.75, 3.05) is 13.2 Å². The number of carbonyl (C=O) groups is 1. The Labute approximate surface area is 133 Å². The molecule has 1 aromatic carbocycles. The van der Waals surface area contributed by atoms with Gasteiger partial charge in [0.25, 0.3) is 0 Å². The van der Waals surface area contributed by atoms with E-state index in [0.29, 0.717) is 19.6 Å². The first kappa shape index (κ1) is 18.0. The molecule has 2 rings (SSSR count). The van der Waals surface area contributed by atoms with Crippen LogP contribution in [0.25, 0.3) is 0 Å². The van der Waals surface area contributed by atoms with Crippen LogP contribution in [0.2, 0.25) is 0 Å². The fraction of sp³-hybridized carbons (Fsp3) is 0.562. The molecule has 1 heterocycles. The van der Waals surface area contributed by atoms with Gasteiger partial charge in [0.1, 0.15) is 0 Å². The van der Waals surface area contributed by atoms with Crippen LogP contribution in [0.5, 0.6) is 0 Å². The molecule has 3 unspecified atom stereocenters. The zero-order chi connectivity index (χ0) is 14.5. The molecule has 5 heteroatoms. The van der Waals surface area contributed by atoms with E-state index in [1.54, 1.807) is 0 Å². The molecule has 1 saturated heterocycles. The van der Waals surface area contributed by atoms with Crippen LogP contribution in [0.3, 0.4) is 0 Å². The Balaban J connectivity index is 0.00000220. The molecule has 0 saturated carbocycles. The highest BCUT2D eigenvalue weighted by Crippen LogP contribution is 2.20. The molecule has 0 radical (unpaired) electrons. The summed E-state index contributed by atoms with van der Waals surface area (Å²) >= 11 is 0. The van der Waals surface area contributed by atoms with Gasteiger partial charge in [-0.25, -0.2) is 0 Å². The smallest absolute Gasteiger partial charge is 0.224 e. The highest BCUT2D eigenvalue weighted by molar-refractivity contribution is 5.85. The minimum atomic E-state index is -0.237. The zero-order valence-corrected chi connectivity index (χ0v) is 13.5. The third-order valence-electron chi connectivity index (χ3n) is 3.88. The summed E-state index contributed by atoms with van der Waals surface area (Å²) in [5.74, 6) is 0.128. The van der Waals surface area contributed by atoms with E-state index in [-0.39, 0.29) is 36.5 Å². The fourth-order valence-electron chi connectivity index (χ4n) is 2.61. The van der Waals surface area contributed by atoms with Crippen LogP contribution < -0.4 is 5.73 Å². The van der Waals surface area contributed by atoms with Crippen molar-refractivity contribution < 1.29 is 9.53 Å². The van der Waals surface area contributed by atoms with E-state index in [4.69, 9.17) is 10.5 Å². The summed E-state index contributed by atoms with van der Waals surface area (Å²) in [6, 6.07) is 9.74. The van der Waals surface area contributed by atoms with Crippen molar-refractivity contribution in [1.82, 2.24) is 4.90 Å². The van der Waals surface area contributed by atoms with Gasteiger partial charge in [0.05, 0.1) is 18.8 Å². The van der Waals surface area contributed by atoms with Crippen LogP contribution in [0, 0.1) is 0 Å². The fourth-order valence-corrected chi connectivity index (χ4v) is 2.61. The Morgan fingerprint density at radius 2 is 2.10 bits per heavy atom. The number of nitrogens with two attached hydrogens (primary N) is 1. The van der Waals surface area contributed by atoms with Crippen LogP contribution in [-0.2, 0) is 9.53 Å². The second kappa shape index (κ2) is 8.37. The summed E-state index contributed by atoms with van der Waals surface area (Å²) in [7, 11) is 0. The molecule has 0 aliphatic carbocycles. The Bertz CT molecular complexity index is 441. The van der Waals surface area contributed by atoms with Gasteiger partial charge in [0.15, 0.2) is 0 Å². The van der Waals surface area contributed by atoms with Crippen LogP contribution >= 0.6 is 12.4 Å². The van der Waals surface area contributed by atoms with Crippen molar-refractivity contribution in [3.05, 3.63) is 35.9 Å².